The van der Waals surface area contributed by atoms with Crippen molar-refractivity contribution < 1.29 is 27.8 Å². The van der Waals surface area contributed by atoms with Crippen LogP contribution in [-0.4, -0.2) is 49.7 Å². The number of nitrogens with one attached hydrogen (secondary N) is 1. The molecule has 0 spiro atoms. The van der Waals surface area contributed by atoms with Gasteiger partial charge in [-0.1, -0.05) is 24.3 Å². The Labute approximate surface area is 225 Å². The minimum atomic E-state index is -0.538. The van der Waals surface area contributed by atoms with Gasteiger partial charge in [-0.15, -0.1) is 0 Å². The van der Waals surface area contributed by atoms with E-state index in [1.54, 1.807) is 18.2 Å². The molecule has 2 fully saturated rings. The van der Waals surface area contributed by atoms with Gasteiger partial charge in [-0.05, 0) is 90.1 Å². The number of likely N-dealkylation sites (tertiary alicyclic amines) is 1. The molecule has 0 aromatic heterocycles. The fourth-order valence-corrected chi connectivity index (χ4v) is 6.57. The van der Waals surface area contributed by atoms with E-state index in [0.717, 1.165) is 18.4 Å². The molecular formula is C31H30F2N2O4. The largest absolute Gasteiger partial charge is 0.491 e. The fraction of sp³-hybridized carbons (Fsp3) is 0.355. The van der Waals surface area contributed by atoms with Crippen LogP contribution in [0.15, 0.2) is 66.7 Å². The lowest BCUT2D eigenvalue weighted by atomic mass is 9.51. The number of fused-ring (bicyclic) bond motifs is 2. The summed E-state index contributed by atoms with van der Waals surface area (Å²) in [6.45, 7) is 0.715. The first-order valence-electron chi connectivity index (χ1n) is 13.4. The molecule has 6 rings (SSSR count). The predicted molar refractivity (Wildman–Crippen MR) is 142 cm³/mol. The summed E-state index contributed by atoms with van der Waals surface area (Å²) >= 11 is 0. The second-order valence-corrected chi connectivity index (χ2v) is 10.5. The van der Waals surface area contributed by atoms with E-state index in [1.165, 1.54) is 17.7 Å². The monoisotopic (exact) mass is 532 g/mol. The minimum absolute atomic E-state index is 0.0269. The molecule has 1 aliphatic carbocycles. The maximum Gasteiger partial charge on any atom is 0.262 e. The van der Waals surface area contributed by atoms with Crippen molar-refractivity contribution in [3.63, 3.8) is 0 Å². The van der Waals surface area contributed by atoms with Gasteiger partial charge in [-0.25, -0.2) is 8.78 Å². The molecule has 0 bridgehead atoms. The highest BCUT2D eigenvalue weighted by molar-refractivity contribution is 5.99. The van der Waals surface area contributed by atoms with E-state index in [2.05, 4.69) is 5.32 Å². The minimum Gasteiger partial charge on any atom is -0.491 e. The molecule has 202 valence electrons. The number of hydrogen-bond donors (Lipinski definition) is 1. The van der Waals surface area contributed by atoms with Crippen LogP contribution in [0.3, 0.4) is 0 Å². The summed E-state index contributed by atoms with van der Waals surface area (Å²) < 4.78 is 37.1. The topological polar surface area (TPSA) is 67.9 Å². The van der Waals surface area contributed by atoms with Crippen molar-refractivity contribution in [1.29, 1.82) is 0 Å². The number of hydrogen-bond acceptors (Lipinski definition) is 4. The first kappa shape index (κ1) is 25.3. The van der Waals surface area contributed by atoms with Crippen LogP contribution in [0.25, 0.3) is 0 Å². The quantitative estimate of drug-likeness (QED) is 0.452. The van der Waals surface area contributed by atoms with E-state index in [4.69, 9.17) is 9.47 Å². The van der Waals surface area contributed by atoms with Crippen LogP contribution >= 0.6 is 0 Å². The lowest BCUT2D eigenvalue weighted by Crippen LogP contribution is -2.43. The Morgan fingerprint density at radius 3 is 2.23 bits per heavy atom. The van der Waals surface area contributed by atoms with Gasteiger partial charge in [0, 0.05) is 18.7 Å². The highest BCUT2D eigenvalue weighted by Gasteiger charge is 2.52. The number of halogens is 2. The van der Waals surface area contributed by atoms with Crippen molar-refractivity contribution in [2.24, 2.45) is 11.8 Å². The van der Waals surface area contributed by atoms with Crippen molar-refractivity contribution in [2.75, 3.05) is 38.3 Å². The van der Waals surface area contributed by atoms with E-state index in [0.29, 0.717) is 47.7 Å². The summed E-state index contributed by atoms with van der Waals surface area (Å²) in [5.74, 6) is 1.79. The van der Waals surface area contributed by atoms with Gasteiger partial charge in [-0.3, -0.25) is 9.59 Å². The second kappa shape index (κ2) is 10.7. The van der Waals surface area contributed by atoms with Crippen LogP contribution in [0.5, 0.6) is 11.5 Å². The average Bonchev–Trinajstić information content (AvgIpc) is 3.13. The van der Waals surface area contributed by atoms with Gasteiger partial charge in [0.1, 0.15) is 30.6 Å². The van der Waals surface area contributed by atoms with E-state index < -0.39 is 6.67 Å². The summed E-state index contributed by atoms with van der Waals surface area (Å²) in [4.78, 5) is 27.1. The van der Waals surface area contributed by atoms with E-state index in [1.807, 2.05) is 41.3 Å². The Bertz CT molecular complexity index is 1360. The summed E-state index contributed by atoms with van der Waals surface area (Å²) in [5.41, 5.74) is 3.31. The number of alkyl halides is 1. The molecule has 4 atom stereocenters. The predicted octanol–water partition coefficient (Wildman–Crippen LogP) is 5.55. The molecule has 1 N–H and O–H groups in total. The molecule has 3 aliphatic rings. The van der Waals surface area contributed by atoms with Crippen molar-refractivity contribution in [1.82, 2.24) is 4.90 Å². The van der Waals surface area contributed by atoms with E-state index in [9.17, 15) is 18.4 Å². The Morgan fingerprint density at radius 2 is 1.59 bits per heavy atom. The third-order valence-corrected chi connectivity index (χ3v) is 8.34. The molecule has 8 heteroatoms. The van der Waals surface area contributed by atoms with Crippen LogP contribution in [0.2, 0.25) is 0 Å². The van der Waals surface area contributed by atoms with E-state index in [-0.39, 0.29) is 42.7 Å². The van der Waals surface area contributed by atoms with Gasteiger partial charge < -0.3 is 19.7 Å². The second-order valence-electron chi connectivity index (χ2n) is 10.5. The zero-order valence-corrected chi connectivity index (χ0v) is 21.4. The number of nitrogens with zero attached hydrogens (tertiary/aromatic N) is 1. The Hall–Kier alpha value is -3.94. The van der Waals surface area contributed by atoms with Crippen LogP contribution < -0.4 is 14.8 Å². The van der Waals surface area contributed by atoms with Gasteiger partial charge in [0.05, 0.1) is 5.69 Å². The Morgan fingerprint density at radius 1 is 0.949 bits per heavy atom. The summed E-state index contributed by atoms with van der Waals surface area (Å²) in [6, 6.07) is 19.8. The molecule has 6 nitrogen and oxygen atoms in total. The normalized spacial score (nSPS) is 23.8. The average molecular weight is 533 g/mol. The van der Waals surface area contributed by atoms with Gasteiger partial charge in [0.25, 0.3) is 11.8 Å². The van der Waals surface area contributed by atoms with E-state index >= 15 is 0 Å². The van der Waals surface area contributed by atoms with Gasteiger partial charge in [0.2, 0.25) is 0 Å². The molecule has 4 unspecified atom stereocenters. The van der Waals surface area contributed by atoms with Crippen molar-refractivity contribution in [3.05, 3.63) is 89.2 Å². The molecule has 0 radical (unpaired) electrons. The first-order valence-corrected chi connectivity index (χ1v) is 13.4. The SMILES string of the molecule is O=C1COc2ccc(C(=O)N3CCC4C(CC3)C(c3ccc(OCCF)cc3)C4c3ccc(F)cc3)cc2N1. The molecule has 1 saturated carbocycles. The first-order chi connectivity index (χ1) is 19.0. The molecule has 3 aromatic carbocycles. The van der Waals surface area contributed by atoms with Crippen LogP contribution in [0.4, 0.5) is 14.5 Å². The maximum absolute atomic E-state index is 13.7. The summed E-state index contributed by atoms with van der Waals surface area (Å²) in [7, 11) is 0. The third-order valence-electron chi connectivity index (χ3n) is 8.34. The smallest absolute Gasteiger partial charge is 0.262 e. The van der Waals surface area contributed by atoms with Crippen LogP contribution in [-0.2, 0) is 4.79 Å². The van der Waals surface area contributed by atoms with Gasteiger partial charge in [0.15, 0.2) is 6.61 Å². The van der Waals surface area contributed by atoms with Crippen LogP contribution in [0.1, 0.15) is 46.2 Å². The van der Waals surface area contributed by atoms with Gasteiger partial charge >= 0.3 is 0 Å². The zero-order chi connectivity index (χ0) is 26.9. The molecule has 2 amide bonds. The van der Waals surface area contributed by atoms with Crippen molar-refractivity contribution >= 4 is 17.5 Å². The Kier molecular flexibility index (Phi) is 6.94. The molecule has 3 aromatic rings. The molecule has 2 aliphatic heterocycles. The molecular weight excluding hydrogens is 502 g/mol. The molecule has 39 heavy (non-hydrogen) atoms. The standard InChI is InChI=1S/C31H30F2N2O4/c32-13-16-38-23-8-3-20(4-9-23)30-25-12-15-35(14-11-24(25)29(30)19-1-6-22(33)7-2-19)31(37)21-5-10-27-26(17-21)34-28(36)18-39-27/h1-10,17,24-25,29-30H,11-16,18H2,(H,34,36). The van der Waals surface area contributed by atoms with Crippen molar-refractivity contribution in [3.8, 4) is 11.5 Å². The lowest BCUT2D eigenvalue weighted by Gasteiger charge is -2.52. The van der Waals surface area contributed by atoms with Gasteiger partial charge in [-0.2, -0.15) is 0 Å². The zero-order valence-electron chi connectivity index (χ0n) is 21.4. The molecule has 2 heterocycles. The fourth-order valence-electron chi connectivity index (χ4n) is 6.57. The number of carbonyl (C=O) groups is 2. The highest BCUT2D eigenvalue weighted by atomic mass is 19.1. The molecule has 1 saturated heterocycles. The van der Waals surface area contributed by atoms with Crippen LogP contribution in [0, 0.1) is 17.7 Å². The lowest BCUT2D eigenvalue weighted by molar-refractivity contribution is -0.118. The number of anilines is 1. The maximum atomic E-state index is 13.7. The van der Waals surface area contributed by atoms with Crippen molar-refractivity contribution in [2.45, 2.75) is 24.7 Å². The number of amides is 2. The number of benzene rings is 3. The number of carbonyl (C=O) groups excluding carboxylic acids is 2. The number of rotatable bonds is 6. The number of ether oxygens (including phenoxy) is 2. The highest BCUT2D eigenvalue weighted by Crippen LogP contribution is 2.61. The Balaban J connectivity index is 1.23. The summed E-state index contributed by atoms with van der Waals surface area (Å²) in [5, 5.41) is 2.77. The third kappa shape index (κ3) is 4.95. The summed E-state index contributed by atoms with van der Waals surface area (Å²) in [6.07, 6.45) is 1.70.